The summed E-state index contributed by atoms with van der Waals surface area (Å²) < 4.78 is 5.34. The van der Waals surface area contributed by atoms with E-state index in [0.717, 1.165) is 98.0 Å². The van der Waals surface area contributed by atoms with E-state index in [1.54, 1.807) is 0 Å². The number of carbonyl (C=O) groups excluding carboxylic acids is 1. The fraction of sp³-hybridized carbons (Fsp3) is 0.682. The molecule has 0 aromatic heterocycles. The van der Waals surface area contributed by atoms with E-state index in [-0.39, 0.29) is 6.03 Å². The van der Waals surface area contributed by atoms with E-state index in [4.69, 9.17) is 4.74 Å². The first-order valence-electron chi connectivity index (χ1n) is 11.1. The van der Waals surface area contributed by atoms with E-state index in [0.29, 0.717) is 0 Å². The van der Waals surface area contributed by atoms with Crippen LogP contribution in [0.1, 0.15) is 18.4 Å². The summed E-state index contributed by atoms with van der Waals surface area (Å²) in [6.07, 6.45) is 1.99. The fourth-order valence-electron chi connectivity index (χ4n) is 3.91. The van der Waals surface area contributed by atoms with Gasteiger partial charge in [-0.1, -0.05) is 30.3 Å². The standard InChI is InChI=1S/C22H37N5O2/c28-22(24-9-5-11-26-16-18-29-19-17-26)23-8-4-10-25-12-14-27(15-13-25)20-21-6-2-1-3-7-21/h1-3,6-7H,4-5,8-20H2,(H2,23,24,28). The van der Waals surface area contributed by atoms with Crippen LogP contribution >= 0.6 is 0 Å². The number of hydrogen-bond donors (Lipinski definition) is 2. The smallest absolute Gasteiger partial charge is 0.314 e. The minimum Gasteiger partial charge on any atom is -0.379 e. The predicted molar refractivity (Wildman–Crippen MR) is 116 cm³/mol. The predicted octanol–water partition coefficient (Wildman–Crippen LogP) is 1.22. The van der Waals surface area contributed by atoms with Gasteiger partial charge in [-0.15, -0.1) is 0 Å². The molecule has 2 heterocycles. The molecule has 1 aromatic rings. The van der Waals surface area contributed by atoms with Gasteiger partial charge in [0.25, 0.3) is 0 Å². The van der Waals surface area contributed by atoms with Crippen molar-refractivity contribution >= 4 is 6.03 Å². The second kappa shape index (κ2) is 12.8. The van der Waals surface area contributed by atoms with Crippen LogP contribution in [0.4, 0.5) is 4.79 Å². The van der Waals surface area contributed by atoms with Crippen LogP contribution in [-0.2, 0) is 11.3 Å². The minimum atomic E-state index is -0.0420. The van der Waals surface area contributed by atoms with Crippen molar-refractivity contribution in [1.29, 1.82) is 0 Å². The lowest BCUT2D eigenvalue weighted by Gasteiger charge is -2.34. The Labute approximate surface area is 175 Å². The number of ether oxygens (including phenoxy) is 1. The first kappa shape index (κ1) is 22.0. The number of hydrogen-bond acceptors (Lipinski definition) is 5. The molecule has 0 radical (unpaired) electrons. The summed E-state index contributed by atoms with van der Waals surface area (Å²) >= 11 is 0. The molecule has 1 aromatic carbocycles. The zero-order valence-corrected chi connectivity index (χ0v) is 17.7. The summed E-state index contributed by atoms with van der Waals surface area (Å²) in [6.45, 7) is 12.7. The van der Waals surface area contributed by atoms with Gasteiger partial charge in [0, 0.05) is 58.9 Å². The average molecular weight is 404 g/mol. The van der Waals surface area contributed by atoms with Gasteiger partial charge >= 0.3 is 6.03 Å². The van der Waals surface area contributed by atoms with Crippen LogP contribution in [0, 0.1) is 0 Å². The van der Waals surface area contributed by atoms with Gasteiger partial charge < -0.3 is 20.3 Å². The van der Waals surface area contributed by atoms with Gasteiger partial charge in [-0.3, -0.25) is 9.80 Å². The van der Waals surface area contributed by atoms with E-state index in [1.807, 2.05) is 0 Å². The first-order chi connectivity index (χ1) is 14.3. The van der Waals surface area contributed by atoms with Gasteiger partial charge in [0.15, 0.2) is 0 Å². The van der Waals surface area contributed by atoms with E-state index in [1.165, 1.54) is 5.56 Å². The van der Waals surface area contributed by atoms with Gasteiger partial charge in [0.05, 0.1) is 13.2 Å². The maximum absolute atomic E-state index is 11.9. The maximum atomic E-state index is 11.9. The maximum Gasteiger partial charge on any atom is 0.314 e. The van der Waals surface area contributed by atoms with E-state index >= 15 is 0 Å². The van der Waals surface area contributed by atoms with Crippen LogP contribution in [0.2, 0.25) is 0 Å². The molecule has 2 saturated heterocycles. The molecule has 2 fully saturated rings. The lowest BCUT2D eigenvalue weighted by atomic mass is 10.2. The zero-order chi connectivity index (χ0) is 20.2. The highest BCUT2D eigenvalue weighted by Gasteiger charge is 2.16. The molecule has 162 valence electrons. The zero-order valence-electron chi connectivity index (χ0n) is 17.7. The normalized spacial score (nSPS) is 19.2. The molecule has 2 aliphatic heterocycles. The van der Waals surface area contributed by atoms with Gasteiger partial charge in [-0.05, 0) is 31.5 Å². The summed E-state index contributed by atoms with van der Waals surface area (Å²) in [5, 5.41) is 5.94. The molecule has 0 unspecified atom stereocenters. The molecule has 0 spiro atoms. The summed E-state index contributed by atoms with van der Waals surface area (Å²) in [4.78, 5) is 19.3. The van der Waals surface area contributed by atoms with Crippen LogP contribution in [-0.4, -0.2) is 99.4 Å². The number of nitrogens with one attached hydrogen (secondary N) is 2. The van der Waals surface area contributed by atoms with Crippen molar-refractivity contribution in [2.75, 3.05) is 78.7 Å². The molecule has 2 N–H and O–H groups in total. The minimum absolute atomic E-state index is 0.0420. The topological polar surface area (TPSA) is 60.1 Å². The van der Waals surface area contributed by atoms with Crippen molar-refractivity contribution in [3.63, 3.8) is 0 Å². The van der Waals surface area contributed by atoms with E-state index in [2.05, 4.69) is 55.7 Å². The molecule has 29 heavy (non-hydrogen) atoms. The fourth-order valence-corrected chi connectivity index (χ4v) is 3.91. The van der Waals surface area contributed by atoms with Crippen LogP contribution in [0.25, 0.3) is 0 Å². The third kappa shape index (κ3) is 8.70. The first-order valence-corrected chi connectivity index (χ1v) is 11.1. The monoisotopic (exact) mass is 403 g/mol. The van der Waals surface area contributed by atoms with Crippen molar-refractivity contribution < 1.29 is 9.53 Å². The Kier molecular flexibility index (Phi) is 9.72. The largest absolute Gasteiger partial charge is 0.379 e. The van der Waals surface area contributed by atoms with Gasteiger partial charge in [-0.25, -0.2) is 4.79 Å². The number of morpholine rings is 1. The lowest BCUT2D eigenvalue weighted by Crippen LogP contribution is -2.46. The van der Waals surface area contributed by atoms with Crippen molar-refractivity contribution in [1.82, 2.24) is 25.3 Å². The van der Waals surface area contributed by atoms with E-state index in [9.17, 15) is 4.79 Å². The Morgan fingerprint density at radius 1 is 0.793 bits per heavy atom. The summed E-state index contributed by atoms with van der Waals surface area (Å²) in [7, 11) is 0. The second-order valence-electron chi connectivity index (χ2n) is 7.95. The highest BCUT2D eigenvalue weighted by atomic mass is 16.5. The Morgan fingerprint density at radius 3 is 1.97 bits per heavy atom. The van der Waals surface area contributed by atoms with Crippen molar-refractivity contribution in [3.8, 4) is 0 Å². The summed E-state index contributed by atoms with van der Waals surface area (Å²) in [5.41, 5.74) is 1.39. The van der Waals surface area contributed by atoms with Gasteiger partial charge in [0.1, 0.15) is 0 Å². The SMILES string of the molecule is O=C(NCCCN1CCOCC1)NCCCN1CCN(Cc2ccccc2)CC1. The number of piperazine rings is 1. The molecular weight excluding hydrogens is 366 g/mol. The van der Waals surface area contributed by atoms with E-state index < -0.39 is 0 Å². The van der Waals surface area contributed by atoms with Crippen LogP contribution in [0.15, 0.2) is 30.3 Å². The molecule has 7 nitrogen and oxygen atoms in total. The Hall–Kier alpha value is -1.67. The molecule has 3 rings (SSSR count). The third-order valence-corrected chi connectivity index (χ3v) is 5.69. The summed E-state index contributed by atoms with van der Waals surface area (Å²) in [5.74, 6) is 0. The number of benzene rings is 1. The highest BCUT2D eigenvalue weighted by molar-refractivity contribution is 5.73. The Balaban J connectivity index is 1.16. The quantitative estimate of drug-likeness (QED) is 0.575. The second-order valence-corrected chi connectivity index (χ2v) is 7.95. The van der Waals surface area contributed by atoms with Crippen LogP contribution < -0.4 is 10.6 Å². The average Bonchev–Trinajstić information content (AvgIpc) is 2.77. The van der Waals surface area contributed by atoms with Crippen molar-refractivity contribution in [2.24, 2.45) is 0 Å². The third-order valence-electron chi connectivity index (χ3n) is 5.69. The molecule has 0 aliphatic carbocycles. The lowest BCUT2D eigenvalue weighted by molar-refractivity contribution is 0.0375. The van der Waals surface area contributed by atoms with Crippen molar-refractivity contribution in [3.05, 3.63) is 35.9 Å². The number of rotatable bonds is 10. The Morgan fingerprint density at radius 2 is 1.34 bits per heavy atom. The molecular formula is C22H37N5O2. The van der Waals surface area contributed by atoms with Crippen molar-refractivity contribution in [2.45, 2.75) is 19.4 Å². The highest BCUT2D eigenvalue weighted by Crippen LogP contribution is 2.08. The van der Waals surface area contributed by atoms with Gasteiger partial charge in [0.2, 0.25) is 0 Å². The molecule has 0 saturated carbocycles. The number of nitrogens with zero attached hydrogens (tertiary/aromatic N) is 3. The molecule has 0 atom stereocenters. The van der Waals surface area contributed by atoms with Crippen LogP contribution in [0.3, 0.4) is 0 Å². The van der Waals surface area contributed by atoms with Crippen LogP contribution in [0.5, 0.6) is 0 Å². The number of amides is 2. The molecule has 2 amide bonds. The summed E-state index contributed by atoms with van der Waals surface area (Å²) in [6, 6.07) is 10.6. The Bertz CT molecular complexity index is 572. The number of carbonyl (C=O) groups is 1. The molecule has 2 aliphatic rings. The molecule has 7 heteroatoms. The van der Waals surface area contributed by atoms with Gasteiger partial charge in [-0.2, -0.15) is 0 Å². The molecule has 0 bridgehead atoms. The number of urea groups is 1.